The normalized spacial score (nSPS) is 14.2. The standard InChI is InChI=1S/C57H36N4OS/c1-3-16-35(17-4-1)37-20-13-21-38(34-37)56-58-55(36-18-5-2-6-19-36)59-57(60-56)45-33-32-42(41-25-15-31-50-51(41)43-24-9-12-30-49(43)62-50)54-52(45)44-26-14-29-48(53(44)63-54)61-46-27-10-7-22-39(46)40-23-8-11-28-47(40)61/h1-34,56H,(H,58,59,60). The first-order valence-corrected chi connectivity index (χ1v) is 22.1. The summed E-state index contributed by atoms with van der Waals surface area (Å²) in [6, 6.07) is 73.1. The van der Waals surface area contributed by atoms with Crippen LogP contribution >= 0.6 is 11.3 Å². The third kappa shape index (κ3) is 5.69. The van der Waals surface area contributed by atoms with E-state index in [2.05, 4.69) is 204 Å². The SMILES string of the molecule is c1ccc(C2=NC(c3ccc(-c4cccc5oc6ccccc6c45)c4sc5c(-n6c7ccccc7c7ccccc76)cccc5c34)=NC(c3cccc(-c4ccccc4)c3)N2)cc1. The van der Waals surface area contributed by atoms with Gasteiger partial charge < -0.3 is 14.3 Å². The second-order valence-electron chi connectivity index (χ2n) is 16.1. The van der Waals surface area contributed by atoms with Crippen molar-refractivity contribution < 1.29 is 4.42 Å². The molecule has 0 bridgehead atoms. The van der Waals surface area contributed by atoms with E-state index < -0.39 is 0 Å². The smallest absolute Gasteiger partial charge is 0.160 e. The van der Waals surface area contributed by atoms with Gasteiger partial charge in [-0.05, 0) is 64.7 Å². The molecule has 0 saturated heterocycles. The Hall–Kier alpha value is -8.06. The van der Waals surface area contributed by atoms with Gasteiger partial charge in [-0.3, -0.25) is 0 Å². The van der Waals surface area contributed by atoms with Gasteiger partial charge in [-0.15, -0.1) is 11.3 Å². The molecule has 1 N–H and O–H groups in total. The highest BCUT2D eigenvalue weighted by molar-refractivity contribution is 7.26. The quantitative estimate of drug-likeness (QED) is 0.182. The van der Waals surface area contributed by atoms with Crippen LogP contribution in [0.5, 0.6) is 0 Å². The van der Waals surface area contributed by atoms with Gasteiger partial charge in [0.05, 0.1) is 21.4 Å². The lowest BCUT2D eigenvalue weighted by atomic mass is 9.95. The molecule has 63 heavy (non-hydrogen) atoms. The van der Waals surface area contributed by atoms with Crippen molar-refractivity contribution in [2.75, 3.05) is 0 Å². The molecule has 3 aromatic heterocycles. The van der Waals surface area contributed by atoms with Crippen LogP contribution in [0.3, 0.4) is 0 Å². The average Bonchev–Trinajstić information content (AvgIpc) is 4.05. The molecule has 12 aromatic rings. The molecule has 1 aliphatic rings. The minimum atomic E-state index is -0.379. The largest absolute Gasteiger partial charge is 0.456 e. The summed E-state index contributed by atoms with van der Waals surface area (Å²) < 4.78 is 11.3. The minimum absolute atomic E-state index is 0.379. The molecule has 0 radical (unpaired) electrons. The Bertz CT molecular complexity index is 3780. The van der Waals surface area contributed by atoms with E-state index >= 15 is 0 Å². The number of hydrogen-bond acceptors (Lipinski definition) is 5. The van der Waals surface area contributed by atoms with Crippen LogP contribution in [-0.2, 0) is 0 Å². The summed E-state index contributed by atoms with van der Waals surface area (Å²) in [5.74, 6) is 1.47. The van der Waals surface area contributed by atoms with E-state index in [9.17, 15) is 0 Å². The lowest BCUT2D eigenvalue weighted by Crippen LogP contribution is -2.33. The summed E-state index contributed by atoms with van der Waals surface area (Å²) in [5.41, 5.74) is 12.9. The van der Waals surface area contributed by atoms with Gasteiger partial charge >= 0.3 is 0 Å². The van der Waals surface area contributed by atoms with E-state index in [0.29, 0.717) is 5.84 Å². The molecule has 1 atom stereocenters. The maximum Gasteiger partial charge on any atom is 0.160 e. The first kappa shape index (κ1) is 35.7. The molecule has 0 amide bonds. The zero-order valence-corrected chi connectivity index (χ0v) is 34.7. The molecule has 0 saturated carbocycles. The molecule has 0 fully saturated rings. The van der Waals surface area contributed by atoms with Gasteiger partial charge in [-0.25, -0.2) is 9.98 Å². The number of thiophene rings is 1. The highest BCUT2D eigenvalue weighted by atomic mass is 32.1. The van der Waals surface area contributed by atoms with Crippen molar-refractivity contribution in [3.05, 3.63) is 223 Å². The maximum absolute atomic E-state index is 6.45. The minimum Gasteiger partial charge on any atom is -0.456 e. The number of aliphatic imine (C=N–C) groups is 2. The topological polar surface area (TPSA) is 54.8 Å². The van der Waals surface area contributed by atoms with Gasteiger partial charge in [-0.2, -0.15) is 0 Å². The molecule has 1 aliphatic heterocycles. The molecule has 5 nitrogen and oxygen atoms in total. The van der Waals surface area contributed by atoms with Crippen LogP contribution in [0, 0.1) is 0 Å². The lowest BCUT2D eigenvalue weighted by molar-refractivity contribution is 0.669. The second-order valence-corrected chi connectivity index (χ2v) is 17.1. The van der Waals surface area contributed by atoms with Gasteiger partial charge in [0.2, 0.25) is 0 Å². The van der Waals surface area contributed by atoms with Crippen molar-refractivity contribution in [2.45, 2.75) is 6.17 Å². The van der Waals surface area contributed by atoms with E-state index in [-0.39, 0.29) is 6.17 Å². The van der Waals surface area contributed by atoms with Crippen LogP contribution in [0.25, 0.3) is 91.9 Å². The first-order valence-electron chi connectivity index (χ1n) is 21.3. The average molecular weight is 825 g/mol. The molecular formula is C57H36N4OS. The summed E-state index contributed by atoms with van der Waals surface area (Å²) in [6.07, 6.45) is -0.379. The van der Waals surface area contributed by atoms with Crippen LogP contribution in [0.15, 0.2) is 221 Å². The first-order chi connectivity index (χ1) is 31.2. The van der Waals surface area contributed by atoms with E-state index in [4.69, 9.17) is 14.4 Å². The number of nitrogens with one attached hydrogen (secondary N) is 1. The molecule has 13 rings (SSSR count). The third-order valence-electron chi connectivity index (χ3n) is 12.5. The Labute approximate surface area is 366 Å². The fourth-order valence-corrected chi connectivity index (χ4v) is 11.0. The Morgan fingerprint density at radius 2 is 1.08 bits per heavy atom. The van der Waals surface area contributed by atoms with Crippen molar-refractivity contribution in [3.8, 4) is 27.9 Å². The van der Waals surface area contributed by atoms with Crippen molar-refractivity contribution in [1.82, 2.24) is 9.88 Å². The van der Waals surface area contributed by atoms with Crippen molar-refractivity contribution in [1.29, 1.82) is 0 Å². The predicted octanol–water partition coefficient (Wildman–Crippen LogP) is 14.9. The fraction of sp³-hybridized carbons (Fsp3) is 0.0175. The van der Waals surface area contributed by atoms with E-state index in [1.165, 1.54) is 31.2 Å². The number of nitrogens with zero attached hydrogens (tertiary/aromatic N) is 3. The van der Waals surface area contributed by atoms with Gasteiger partial charge in [0.15, 0.2) is 5.84 Å². The molecule has 0 aliphatic carbocycles. The molecule has 1 unspecified atom stereocenters. The number of amidine groups is 2. The molecular weight excluding hydrogens is 789 g/mol. The van der Waals surface area contributed by atoms with Crippen LogP contribution in [0.4, 0.5) is 0 Å². The summed E-state index contributed by atoms with van der Waals surface area (Å²) in [6.45, 7) is 0. The van der Waals surface area contributed by atoms with Crippen molar-refractivity contribution in [2.24, 2.45) is 9.98 Å². The van der Waals surface area contributed by atoms with Crippen LogP contribution in [0.1, 0.15) is 22.9 Å². The Balaban J connectivity index is 1.10. The maximum atomic E-state index is 6.45. The Morgan fingerprint density at radius 3 is 1.87 bits per heavy atom. The monoisotopic (exact) mass is 824 g/mol. The summed E-state index contributed by atoms with van der Waals surface area (Å²) in [4.78, 5) is 10.9. The number of hydrogen-bond donors (Lipinski definition) is 1. The second kappa shape index (κ2) is 14.3. The predicted molar refractivity (Wildman–Crippen MR) is 264 cm³/mol. The van der Waals surface area contributed by atoms with Gasteiger partial charge in [0.1, 0.15) is 23.2 Å². The molecule has 296 valence electrons. The highest BCUT2D eigenvalue weighted by Crippen LogP contribution is 2.48. The van der Waals surface area contributed by atoms with Crippen LogP contribution in [-0.4, -0.2) is 16.2 Å². The van der Waals surface area contributed by atoms with Crippen LogP contribution in [0.2, 0.25) is 0 Å². The zero-order valence-electron chi connectivity index (χ0n) is 33.9. The van der Waals surface area contributed by atoms with Crippen LogP contribution < -0.4 is 5.32 Å². The number of aromatic nitrogens is 1. The van der Waals surface area contributed by atoms with Gasteiger partial charge in [0.25, 0.3) is 0 Å². The summed E-state index contributed by atoms with van der Waals surface area (Å²) in [7, 11) is 0. The third-order valence-corrected chi connectivity index (χ3v) is 13.7. The Morgan fingerprint density at radius 1 is 0.460 bits per heavy atom. The van der Waals surface area contributed by atoms with Gasteiger partial charge in [-0.1, -0.05) is 164 Å². The summed E-state index contributed by atoms with van der Waals surface area (Å²) >= 11 is 1.84. The van der Waals surface area contributed by atoms with E-state index in [1.807, 2.05) is 23.5 Å². The van der Waals surface area contributed by atoms with E-state index in [0.717, 1.165) is 83.2 Å². The van der Waals surface area contributed by atoms with Crippen molar-refractivity contribution in [3.63, 3.8) is 0 Å². The number of para-hydroxylation sites is 3. The molecule has 9 aromatic carbocycles. The van der Waals surface area contributed by atoms with Gasteiger partial charge in [0, 0.05) is 53.7 Å². The number of furan rings is 1. The number of fused-ring (bicyclic) bond motifs is 9. The molecule has 0 spiro atoms. The fourth-order valence-electron chi connectivity index (χ4n) is 9.64. The summed E-state index contributed by atoms with van der Waals surface area (Å²) in [5, 5.41) is 10.7. The lowest BCUT2D eigenvalue weighted by Gasteiger charge is -2.24. The molecule has 4 heterocycles. The Kier molecular flexibility index (Phi) is 8.08. The number of rotatable bonds is 6. The number of benzene rings is 9. The van der Waals surface area contributed by atoms with Crippen molar-refractivity contribution >= 4 is 86.9 Å². The highest BCUT2D eigenvalue weighted by Gasteiger charge is 2.27. The molecule has 6 heteroatoms. The zero-order chi connectivity index (χ0) is 41.4. The van der Waals surface area contributed by atoms with E-state index in [1.54, 1.807) is 0 Å².